The molecule has 0 bridgehead atoms. The van der Waals surface area contributed by atoms with Crippen LogP contribution in [0.1, 0.15) is 38.5 Å². The van der Waals surface area contributed by atoms with Crippen molar-refractivity contribution < 1.29 is 4.79 Å². The fraction of sp³-hybridized carbons (Fsp3) is 0.929. The molecule has 3 aliphatic rings. The predicted molar refractivity (Wildman–Crippen MR) is 71.4 cm³/mol. The molecule has 2 aliphatic heterocycles. The average Bonchev–Trinajstić information content (AvgIpc) is 3.09. The zero-order valence-corrected chi connectivity index (χ0v) is 11.2. The van der Waals surface area contributed by atoms with E-state index in [9.17, 15) is 4.79 Å². The number of hydrogen-bond acceptors (Lipinski definition) is 3. The van der Waals surface area contributed by atoms with Crippen molar-refractivity contribution in [2.75, 3.05) is 26.2 Å². The highest BCUT2D eigenvalue weighted by Gasteiger charge is 2.38. The van der Waals surface area contributed by atoms with Gasteiger partial charge in [-0.25, -0.2) is 0 Å². The Morgan fingerprint density at radius 1 is 1.06 bits per heavy atom. The van der Waals surface area contributed by atoms with Gasteiger partial charge in [-0.3, -0.25) is 4.79 Å². The van der Waals surface area contributed by atoms with Gasteiger partial charge in [0, 0.05) is 32.2 Å². The van der Waals surface area contributed by atoms with E-state index in [1.54, 1.807) is 0 Å². The van der Waals surface area contributed by atoms with Crippen LogP contribution in [0.4, 0.5) is 0 Å². The first-order valence-corrected chi connectivity index (χ1v) is 7.61. The quantitative estimate of drug-likeness (QED) is 0.760. The molecule has 0 aromatic carbocycles. The van der Waals surface area contributed by atoms with Gasteiger partial charge in [0.2, 0.25) is 5.91 Å². The van der Waals surface area contributed by atoms with Gasteiger partial charge in [-0.05, 0) is 31.6 Å². The van der Waals surface area contributed by atoms with E-state index in [0.717, 1.165) is 32.1 Å². The molecule has 102 valence electrons. The standard InChI is InChI=1S/C14H25N3O/c18-14(12-10-15-7-8-16-12)17-9-3-6-13(17)11-4-1-2-5-11/h11-13,15-16H,1-10H2. The van der Waals surface area contributed by atoms with Gasteiger partial charge in [0.1, 0.15) is 0 Å². The third-order valence-electron chi connectivity index (χ3n) is 4.87. The van der Waals surface area contributed by atoms with Crippen molar-refractivity contribution in [3.8, 4) is 0 Å². The molecule has 18 heavy (non-hydrogen) atoms. The zero-order chi connectivity index (χ0) is 12.4. The monoisotopic (exact) mass is 251 g/mol. The summed E-state index contributed by atoms with van der Waals surface area (Å²) in [6, 6.07) is 0.560. The van der Waals surface area contributed by atoms with Crippen LogP contribution in [-0.2, 0) is 4.79 Å². The zero-order valence-electron chi connectivity index (χ0n) is 11.2. The van der Waals surface area contributed by atoms with Crippen LogP contribution in [0.15, 0.2) is 0 Å². The van der Waals surface area contributed by atoms with E-state index in [4.69, 9.17) is 0 Å². The third-order valence-corrected chi connectivity index (χ3v) is 4.87. The highest BCUT2D eigenvalue weighted by molar-refractivity contribution is 5.83. The summed E-state index contributed by atoms with van der Waals surface area (Å²) in [6.07, 6.45) is 7.85. The van der Waals surface area contributed by atoms with Crippen LogP contribution in [0.5, 0.6) is 0 Å². The summed E-state index contributed by atoms with van der Waals surface area (Å²) < 4.78 is 0. The Hall–Kier alpha value is -0.610. The molecule has 1 amide bonds. The maximum atomic E-state index is 12.6. The van der Waals surface area contributed by atoms with Crippen molar-refractivity contribution in [1.29, 1.82) is 0 Å². The number of carbonyl (C=O) groups is 1. The second-order valence-corrected chi connectivity index (χ2v) is 6.00. The summed E-state index contributed by atoms with van der Waals surface area (Å²) in [5, 5.41) is 6.67. The van der Waals surface area contributed by atoms with Crippen molar-refractivity contribution in [2.24, 2.45) is 5.92 Å². The number of carbonyl (C=O) groups excluding carboxylic acids is 1. The van der Waals surface area contributed by atoms with Crippen LogP contribution >= 0.6 is 0 Å². The van der Waals surface area contributed by atoms with Crippen LogP contribution < -0.4 is 10.6 Å². The topological polar surface area (TPSA) is 44.4 Å². The fourth-order valence-electron chi connectivity index (χ4n) is 3.93. The minimum Gasteiger partial charge on any atom is -0.338 e. The van der Waals surface area contributed by atoms with E-state index in [2.05, 4.69) is 15.5 Å². The number of nitrogens with one attached hydrogen (secondary N) is 2. The van der Waals surface area contributed by atoms with E-state index in [0.29, 0.717) is 11.9 Å². The minimum absolute atomic E-state index is 0.0146. The normalized spacial score (nSPS) is 34.1. The lowest BCUT2D eigenvalue weighted by Gasteiger charge is -2.34. The first-order valence-electron chi connectivity index (χ1n) is 7.61. The number of likely N-dealkylation sites (tertiary alicyclic amines) is 1. The highest BCUT2D eigenvalue weighted by Crippen LogP contribution is 2.35. The van der Waals surface area contributed by atoms with Crippen molar-refractivity contribution >= 4 is 5.91 Å². The van der Waals surface area contributed by atoms with E-state index in [-0.39, 0.29) is 6.04 Å². The third kappa shape index (κ3) is 2.41. The molecule has 1 saturated carbocycles. The molecule has 2 saturated heterocycles. The number of hydrogen-bond donors (Lipinski definition) is 2. The van der Waals surface area contributed by atoms with Crippen LogP contribution in [0, 0.1) is 5.92 Å². The lowest BCUT2D eigenvalue weighted by molar-refractivity contribution is -0.135. The molecule has 4 heteroatoms. The molecule has 0 aromatic heterocycles. The van der Waals surface area contributed by atoms with Gasteiger partial charge in [0.05, 0.1) is 6.04 Å². The maximum absolute atomic E-state index is 12.6. The number of amides is 1. The van der Waals surface area contributed by atoms with Crippen molar-refractivity contribution in [3.63, 3.8) is 0 Å². The maximum Gasteiger partial charge on any atom is 0.241 e. The van der Waals surface area contributed by atoms with E-state index in [1.807, 2.05) is 0 Å². The van der Waals surface area contributed by atoms with Crippen molar-refractivity contribution in [1.82, 2.24) is 15.5 Å². The molecule has 0 spiro atoms. The first-order chi connectivity index (χ1) is 8.86. The molecule has 0 aromatic rings. The summed E-state index contributed by atoms with van der Waals surface area (Å²) in [6.45, 7) is 3.68. The summed E-state index contributed by atoms with van der Waals surface area (Å²) in [5.74, 6) is 1.13. The SMILES string of the molecule is O=C(C1CNCCN1)N1CCCC1C1CCCC1. The molecule has 2 N–H and O–H groups in total. The Bertz CT molecular complexity index is 295. The van der Waals surface area contributed by atoms with Gasteiger partial charge in [-0.2, -0.15) is 0 Å². The predicted octanol–water partition coefficient (Wildman–Crippen LogP) is 0.729. The highest BCUT2D eigenvalue weighted by atomic mass is 16.2. The molecule has 2 unspecified atom stereocenters. The van der Waals surface area contributed by atoms with Gasteiger partial charge in [-0.1, -0.05) is 12.8 Å². The van der Waals surface area contributed by atoms with Crippen LogP contribution in [0.3, 0.4) is 0 Å². The molecule has 3 fully saturated rings. The Morgan fingerprint density at radius 3 is 2.61 bits per heavy atom. The Balaban J connectivity index is 1.63. The number of rotatable bonds is 2. The number of piperazine rings is 1. The smallest absolute Gasteiger partial charge is 0.241 e. The summed E-state index contributed by atoms with van der Waals surface area (Å²) in [4.78, 5) is 14.8. The molecular formula is C14H25N3O. The second kappa shape index (κ2) is 5.57. The Kier molecular flexibility index (Phi) is 3.85. The summed E-state index contributed by atoms with van der Waals surface area (Å²) in [5.41, 5.74) is 0. The van der Waals surface area contributed by atoms with Gasteiger partial charge >= 0.3 is 0 Å². The fourth-order valence-corrected chi connectivity index (χ4v) is 3.93. The lowest BCUT2D eigenvalue weighted by Crippen LogP contribution is -2.57. The Labute approximate surface area is 109 Å². The summed E-state index contributed by atoms with van der Waals surface area (Å²) >= 11 is 0. The molecule has 3 rings (SSSR count). The number of nitrogens with zero attached hydrogens (tertiary/aromatic N) is 1. The largest absolute Gasteiger partial charge is 0.338 e. The minimum atomic E-state index is 0.0146. The second-order valence-electron chi connectivity index (χ2n) is 6.00. The average molecular weight is 251 g/mol. The molecule has 1 aliphatic carbocycles. The van der Waals surface area contributed by atoms with Gasteiger partial charge in [-0.15, -0.1) is 0 Å². The summed E-state index contributed by atoms with van der Waals surface area (Å²) in [7, 11) is 0. The lowest BCUT2D eigenvalue weighted by atomic mass is 9.95. The molecule has 2 atom stereocenters. The van der Waals surface area contributed by atoms with Crippen LogP contribution in [0.25, 0.3) is 0 Å². The first kappa shape index (κ1) is 12.4. The van der Waals surface area contributed by atoms with Crippen molar-refractivity contribution in [3.05, 3.63) is 0 Å². The van der Waals surface area contributed by atoms with E-state index < -0.39 is 0 Å². The van der Waals surface area contributed by atoms with Gasteiger partial charge in [0.15, 0.2) is 0 Å². The van der Waals surface area contributed by atoms with E-state index in [1.165, 1.54) is 38.5 Å². The molecule has 2 heterocycles. The molecule has 4 nitrogen and oxygen atoms in total. The van der Waals surface area contributed by atoms with E-state index >= 15 is 0 Å². The van der Waals surface area contributed by atoms with Crippen LogP contribution in [0.2, 0.25) is 0 Å². The van der Waals surface area contributed by atoms with Gasteiger partial charge < -0.3 is 15.5 Å². The molecular weight excluding hydrogens is 226 g/mol. The van der Waals surface area contributed by atoms with Crippen LogP contribution in [-0.4, -0.2) is 49.1 Å². The Morgan fingerprint density at radius 2 is 1.89 bits per heavy atom. The van der Waals surface area contributed by atoms with Crippen molar-refractivity contribution in [2.45, 2.75) is 50.6 Å². The molecule has 0 radical (unpaired) electrons. The van der Waals surface area contributed by atoms with Gasteiger partial charge in [0.25, 0.3) is 0 Å².